The minimum Gasteiger partial charge on any atom is -0.485 e. The lowest BCUT2D eigenvalue weighted by molar-refractivity contribution is 0.121. The molecule has 114 valence electrons. The molecule has 0 amide bonds. The number of nitrogens with two attached hydrogens (primary N) is 1. The molecule has 0 aliphatic rings. The summed E-state index contributed by atoms with van der Waals surface area (Å²) in [6, 6.07) is 7.93. The van der Waals surface area contributed by atoms with E-state index in [0.29, 0.717) is 5.75 Å². The topological polar surface area (TPSA) is 97.0 Å². The van der Waals surface area contributed by atoms with E-state index in [-0.39, 0.29) is 13.2 Å². The van der Waals surface area contributed by atoms with Crippen LogP contribution in [0.15, 0.2) is 36.7 Å². The van der Waals surface area contributed by atoms with Gasteiger partial charge in [-0.15, -0.1) is 0 Å². The summed E-state index contributed by atoms with van der Waals surface area (Å²) in [5.41, 5.74) is 9.46. The van der Waals surface area contributed by atoms with Gasteiger partial charge in [-0.25, -0.2) is 0 Å². The molecule has 0 aliphatic carbocycles. The largest absolute Gasteiger partial charge is 0.485 e. The highest BCUT2D eigenvalue weighted by molar-refractivity contribution is 5.86. The van der Waals surface area contributed by atoms with Crippen LogP contribution in [0.2, 0.25) is 0 Å². The summed E-state index contributed by atoms with van der Waals surface area (Å²) < 4.78 is 5.62. The molecule has 2 heterocycles. The van der Waals surface area contributed by atoms with Crippen LogP contribution in [0.3, 0.4) is 0 Å². The molecule has 6 heteroatoms. The fourth-order valence-electron chi connectivity index (χ4n) is 2.31. The van der Waals surface area contributed by atoms with Crippen molar-refractivity contribution in [3.8, 4) is 16.9 Å². The van der Waals surface area contributed by atoms with Gasteiger partial charge in [-0.3, -0.25) is 10.1 Å². The van der Waals surface area contributed by atoms with Gasteiger partial charge in [0.05, 0.1) is 18.3 Å². The van der Waals surface area contributed by atoms with E-state index < -0.39 is 6.10 Å². The molecule has 3 rings (SSSR count). The Labute approximate surface area is 127 Å². The van der Waals surface area contributed by atoms with Crippen molar-refractivity contribution < 1.29 is 9.84 Å². The van der Waals surface area contributed by atoms with Crippen molar-refractivity contribution in [3.63, 3.8) is 0 Å². The lowest BCUT2D eigenvalue weighted by Gasteiger charge is -2.15. The summed E-state index contributed by atoms with van der Waals surface area (Å²) in [7, 11) is 0. The summed E-state index contributed by atoms with van der Waals surface area (Å²) >= 11 is 0. The Kier molecular flexibility index (Phi) is 4.04. The quantitative estimate of drug-likeness (QED) is 0.665. The number of hydrogen-bond donors (Lipinski definition) is 3. The SMILES string of the molecule is Cc1[nH]nc2ccc(-c3cncc(OC(CN)CO)c3)cc12. The Hall–Kier alpha value is -2.44. The zero-order valence-corrected chi connectivity index (χ0v) is 12.3. The molecule has 0 saturated heterocycles. The van der Waals surface area contributed by atoms with Gasteiger partial charge in [-0.2, -0.15) is 5.10 Å². The van der Waals surface area contributed by atoms with Crippen LogP contribution in [-0.2, 0) is 0 Å². The van der Waals surface area contributed by atoms with Crippen LogP contribution >= 0.6 is 0 Å². The number of nitrogens with one attached hydrogen (secondary N) is 1. The highest BCUT2D eigenvalue weighted by Gasteiger charge is 2.09. The number of aromatic nitrogens is 3. The fourth-order valence-corrected chi connectivity index (χ4v) is 2.31. The first-order valence-electron chi connectivity index (χ1n) is 7.09. The molecule has 6 nitrogen and oxygen atoms in total. The minimum absolute atomic E-state index is 0.124. The second-order valence-electron chi connectivity index (χ2n) is 5.15. The number of pyridine rings is 1. The zero-order chi connectivity index (χ0) is 15.5. The van der Waals surface area contributed by atoms with E-state index in [1.807, 2.05) is 25.1 Å². The molecule has 4 N–H and O–H groups in total. The van der Waals surface area contributed by atoms with Gasteiger partial charge in [0.15, 0.2) is 0 Å². The number of aliphatic hydroxyl groups is 1. The van der Waals surface area contributed by atoms with Crippen molar-refractivity contribution in [1.82, 2.24) is 15.2 Å². The number of aromatic amines is 1. The molecule has 0 fully saturated rings. The van der Waals surface area contributed by atoms with E-state index in [0.717, 1.165) is 27.7 Å². The predicted octanol–water partition coefficient (Wildman–Crippen LogP) is 1.63. The third kappa shape index (κ3) is 2.79. The summed E-state index contributed by atoms with van der Waals surface area (Å²) in [5.74, 6) is 0.589. The van der Waals surface area contributed by atoms with Crippen molar-refractivity contribution in [2.45, 2.75) is 13.0 Å². The second-order valence-corrected chi connectivity index (χ2v) is 5.15. The monoisotopic (exact) mass is 298 g/mol. The maximum Gasteiger partial charge on any atom is 0.138 e. The molecular weight excluding hydrogens is 280 g/mol. The van der Waals surface area contributed by atoms with Crippen molar-refractivity contribution in [3.05, 3.63) is 42.4 Å². The van der Waals surface area contributed by atoms with Crippen LogP contribution in [0.25, 0.3) is 22.0 Å². The van der Waals surface area contributed by atoms with Crippen LogP contribution in [-0.4, -0.2) is 39.5 Å². The molecule has 0 radical (unpaired) electrons. The molecular formula is C16H18N4O2. The highest BCUT2D eigenvalue weighted by Crippen LogP contribution is 2.27. The van der Waals surface area contributed by atoms with E-state index in [2.05, 4.69) is 21.2 Å². The fraction of sp³-hybridized carbons (Fsp3) is 0.250. The molecule has 0 aliphatic heterocycles. The molecule has 2 aromatic heterocycles. The molecule has 0 bridgehead atoms. The molecule has 0 saturated carbocycles. The van der Waals surface area contributed by atoms with E-state index in [9.17, 15) is 0 Å². The number of nitrogens with zero attached hydrogens (tertiary/aromatic N) is 2. The van der Waals surface area contributed by atoms with E-state index in [1.165, 1.54) is 0 Å². The first-order chi connectivity index (χ1) is 10.7. The van der Waals surface area contributed by atoms with Gasteiger partial charge in [0.1, 0.15) is 11.9 Å². The average Bonchev–Trinajstić information content (AvgIpc) is 2.93. The lowest BCUT2D eigenvalue weighted by Crippen LogP contribution is -2.30. The summed E-state index contributed by atoms with van der Waals surface area (Å²) in [4.78, 5) is 4.20. The van der Waals surface area contributed by atoms with Gasteiger partial charge >= 0.3 is 0 Å². The Morgan fingerprint density at radius 2 is 2.14 bits per heavy atom. The smallest absolute Gasteiger partial charge is 0.138 e. The second kappa shape index (κ2) is 6.13. The number of aryl methyl sites for hydroxylation is 1. The predicted molar refractivity (Wildman–Crippen MR) is 84.6 cm³/mol. The van der Waals surface area contributed by atoms with Crippen LogP contribution in [0, 0.1) is 6.92 Å². The first-order valence-corrected chi connectivity index (χ1v) is 7.09. The molecule has 1 atom stereocenters. The van der Waals surface area contributed by atoms with Gasteiger partial charge in [0, 0.05) is 29.4 Å². The van der Waals surface area contributed by atoms with Crippen LogP contribution < -0.4 is 10.5 Å². The first kappa shape index (κ1) is 14.5. The number of aliphatic hydroxyl groups excluding tert-OH is 1. The van der Waals surface area contributed by atoms with E-state index >= 15 is 0 Å². The van der Waals surface area contributed by atoms with Gasteiger partial charge in [-0.05, 0) is 30.7 Å². The Bertz CT molecular complexity index is 781. The number of H-pyrrole nitrogens is 1. The highest BCUT2D eigenvalue weighted by atomic mass is 16.5. The molecule has 3 aromatic rings. The molecule has 1 aromatic carbocycles. The normalized spacial score (nSPS) is 12.5. The molecule has 0 spiro atoms. The van der Waals surface area contributed by atoms with Crippen molar-refractivity contribution >= 4 is 10.9 Å². The van der Waals surface area contributed by atoms with Gasteiger partial charge in [0.2, 0.25) is 0 Å². The Balaban J connectivity index is 1.94. The Morgan fingerprint density at radius 1 is 1.27 bits per heavy atom. The Morgan fingerprint density at radius 3 is 2.91 bits per heavy atom. The van der Waals surface area contributed by atoms with Crippen LogP contribution in [0.4, 0.5) is 0 Å². The molecule has 22 heavy (non-hydrogen) atoms. The van der Waals surface area contributed by atoms with E-state index in [1.54, 1.807) is 12.4 Å². The number of rotatable bonds is 5. The zero-order valence-electron chi connectivity index (χ0n) is 12.3. The van der Waals surface area contributed by atoms with Crippen LogP contribution in [0.5, 0.6) is 5.75 Å². The summed E-state index contributed by atoms with van der Waals surface area (Å²) in [6.45, 7) is 2.12. The van der Waals surface area contributed by atoms with Crippen molar-refractivity contribution in [2.75, 3.05) is 13.2 Å². The number of hydrogen-bond acceptors (Lipinski definition) is 5. The summed E-state index contributed by atoms with van der Waals surface area (Å²) in [5, 5.41) is 17.4. The lowest BCUT2D eigenvalue weighted by atomic mass is 10.0. The third-order valence-electron chi connectivity index (χ3n) is 3.56. The minimum atomic E-state index is -0.421. The van der Waals surface area contributed by atoms with Crippen molar-refractivity contribution in [1.29, 1.82) is 0 Å². The number of benzene rings is 1. The van der Waals surface area contributed by atoms with Gasteiger partial charge < -0.3 is 15.6 Å². The van der Waals surface area contributed by atoms with Gasteiger partial charge in [0.25, 0.3) is 0 Å². The third-order valence-corrected chi connectivity index (χ3v) is 3.56. The average molecular weight is 298 g/mol. The number of ether oxygens (including phenoxy) is 1. The number of fused-ring (bicyclic) bond motifs is 1. The summed E-state index contributed by atoms with van der Waals surface area (Å²) in [6.07, 6.45) is 2.97. The standard InChI is InChI=1S/C16H18N4O2/c1-10-15-5-11(2-3-16(15)20-19-10)12-4-13(8-18-7-12)22-14(6-17)9-21/h2-5,7-8,14,21H,6,9,17H2,1H3,(H,19,20). The van der Waals surface area contributed by atoms with E-state index in [4.69, 9.17) is 15.6 Å². The van der Waals surface area contributed by atoms with Crippen molar-refractivity contribution in [2.24, 2.45) is 5.73 Å². The maximum absolute atomic E-state index is 9.16. The maximum atomic E-state index is 9.16. The van der Waals surface area contributed by atoms with Crippen LogP contribution in [0.1, 0.15) is 5.69 Å². The van der Waals surface area contributed by atoms with Gasteiger partial charge in [-0.1, -0.05) is 6.07 Å². The molecule has 1 unspecified atom stereocenters.